The lowest BCUT2D eigenvalue weighted by Crippen LogP contribution is -2.55. The number of carbonyl (C=O) groups excluding carboxylic acids is 3. The predicted molar refractivity (Wildman–Crippen MR) is 113 cm³/mol. The second-order valence-corrected chi connectivity index (χ2v) is 8.30. The summed E-state index contributed by atoms with van der Waals surface area (Å²) < 4.78 is 0. The average molecular weight is 420 g/mol. The molecule has 3 rings (SSSR count). The van der Waals surface area contributed by atoms with Gasteiger partial charge in [-0.05, 0) is 50.2 Å². The number of carbonyl (C=O) groups is 3. The molecular weight excluding hydrogens is 390 g/mol. The maximum absolute atomic E-state index is 13.3. The molecule has 1 aromatic rings. The van der Waals surface area contributed by atoms with Gasteiger partial charge in [0.15, 0.2) is 0 Å². The molecule has 29 heavy (non-hydrogen) atoms. The molecule has 0 unspecified atom stereocenters. The summed E-state index contributed by atoms with van der Waals surface area (Å²) in [7, 11) is 0. The van der Waals surface area contributed by atoms with Gasteiger partial charge in [-0.1, -0.05) is 30.7 Å². The first-order chi connectivity index (χ1) is 14.0. The molecule has 1 N–H and O–H groups in total. The van der Waals surface area contributed by atoms with Crippen molar-refractivity contribution in [3.63, 3.8) is 0 Å². The number of rotatable bonds is 5. The van der Waals surface area contributed by atoms with Crippen molar-refractivity contribution in [2.75, 3.05) is 26.2 Å². The molecule has 0 radical (unpaired) electrons. The molecule has 2 aliphatic rings. The Morgan fingerprint density at radius 2 is 1.69 bits per heavy atom. The number of hydrogen-bond acceptors (Lipinski definition) is 3. The lowest BCUT2D eigenvalue weighted by molar-refractivity contribution is -0.136. The smallest absolute Gasteiger partial charge is 0.253 e. The molecule has 0 aromatic heterocycles. The topological polar surface area (TPSA) is 69.7 Å². The Kier molecular flexibility index (Phi) is 7.53. The summed E-state index contributed by atoms with van der Waals surface area (Å²) in [5.41, 5.74) is 0.379. The van der Waals surface area contributed by atoms with Crippen molar-refractivity contribution in [3.05, 3.63) is 34.9 Å². The van der Waals surface area contributed by atoms with Crippen LogP contribution in [-0.4, -0.2) is 59.7 Å². The van der Waals surface area contributed by atoms with Gasteiger partial charge in [0.05, 0.1) is 10.6 Å². The van der Waals surface area contributed by atoms with Crippen LogP contribution in [-0.2, 0) is 9.59 Å². The van der Waals surface area contributed by atoms with E-state index in [2.05, 4.69) is 5.32 Å². The third-order valence-corrected chi connectivity index (χ3v) is 6.33. The molecule has 3 amide bonds. The summed E-state index contributed by atoms with van der Waals surface area (Å²) in [5, 5.41) is 3.35. The molecule has 2 fully saturated rings. The van der Waals surface area contributed by atoms with Gasteiger partial charge < -0.3 is 15.1 Å². The number of halogens is 1. The van der Waals surface area contributed by atoms with Gasteiger partial charge in [-0.3, -0.25) is 14.4 Å². The van der Waals surface area contributed by atoms with Crippen LogP contribution in [0, 0.1) is 5.92 Å². The van der Waals surface area contributed by atoms with Crippen LogP contribution in [0.2, 0.25) is 5.02 Å². The molecule has 7 heteroatoms. The highest BCUT2D eigenvalue weighted by Gasteiger charge is 2.36. The summed E-state index contributed by atoms with van der Waals surface area (Å²) >= 11 is 6.19. The van der Waals surface area contributed by atoms with Crippen LogP contribution in [0.3, 0.4) is 0 Å². The molecule has 1 atom stereocenters. The fourth-order valence-corrected chi connectivity index (χ4v) is 4.48. The Balaban J connectivity index is 1.75. The highest BCUT2D eigenvalue weighted by Crippen LogP contribution is 2.25. The van der Waals surface area contributed by atoms with Crippen LogP contribution in [0.1, 0.15) is 55.8 Å². The molecule has 2 aliphatic heterocycles. The van der Waals surface area contributed by atoms with Gasteiger partial charge >= 0.3 is 0 Å². The zero-order valence-corrected chi connectivity index (χ0v) is 17.8. The predicted octanol–water partition coefficient (Wildman–Crippen LogP) is 3.10. The number of benzene rings is 1. The quantitative estimate of drug-likeness (QED) is 0.797. The van der Waals surface area contributed by atoms with Gasteiger partial charge in [-0.25, -0.2) is 0 Å². The third-order valence-electron chi connectivity index (χ3n) is 6.01. The standard InChI is InChI=1S/C22H30ClN3O3/c1-2-19(27)25-14-10-16(11-15-25)20(22(29)26-12-6-3-7-13-26)24-21(28)17-8-4-5-9-18(17)23/h4-5,8-9,16,20H,2-3,6-7,10-15H2,1H3,(H,24,28)/t20-/m1/s1. The van der Waals surface area contributed by atoms with Crippen LogP contribution in [0.15, 0.2) is 24.3 Å². The first-order valence-corrected chi connectivity index (χ1v) is 11.0. The monoisotopic (exact) mass is 419 g/mol. The summed E-state index contributed by atoms with van der Waals surface area (Å²) in [6.45, 7) is 4.60. The maximum atomic E-state index is 13.3. The van der Waals surface area contributed by atoms with Crippen molar-refractivity contribution in [2.24, 2.45) is 5.92 Å². The van der Waals surface area contributed by atoms with Gasteiger partial charge in [-0.15, -0.1) is 0 Å². The SMILES string of the molecule is CCC(=O)N1CCC([C@@H](NC(=O)c2ccccc2Cl)C(=O)N2CCCCC2)CC1. The van der Waals surface area contributed by atoms with Crippen LogP contribution in [0.25, 0.3) is 0 Å². The minimum atomic E-state index is -0.587. The highest BCUT2D eigenvalue weighted by molar-refractivity contribution is 6.33. The zero-order chi connectivity index (χ0) is 20.8. The van der Waals surface area contributed by atoms with E-state index < -0.39 is 6.04 Å². The first-order valence-electron chi connectivity index (χ1n) is 10.6. The van der Waals surface area contributed by atoms with E-state index in [4.69, 9.17) is 11.6 Å². The van der Waals surface area contributed by atoms with E-state index in [1.165, 1.54) is 0 Å². The van der Waals surface area contributed by atoms with Crippen LogP contribution >= 0.6 is 11.6 Å². The van der Waals surface area contributed by atoms with E-state index in [-0.39, 0.29) is 23.6 Å². The van der Waals surface area contributed by atoms with E-state index in [0.29, 0.717) is 42.9 Å². The van der Waals surface area contributed by atoms with E-state index in [1.54, 1.807) is 24.3 Å². The second-order valence-electron chi connectivity index (χ2n) is 7.89. The molecule has 0 aliphatic carbocycles. The third kappa shape index (κ3) is 5.30. The zero-order valence-electron chi connectivity index (χ0n) is 17.0. The van der Waals surface area contributed by atoms with Crippen molar-refractivity contribution in [2.45, 2.75) is 51.5 Å². The lowest BCUT2D eigenvalue weighted by atomic mass is 9.87. The molecule has 0 bridgehead atoms. The van der Waals surface area contributed by atoms with Crippen molar-refractivity contribution in [1.29, 1.82) is 0 Å². The Hall–Kier alpha value is -2.08. The van der Waals surface area contributed by atoms with Crippen molar-refractivity contribution < 1.29 is 14.4 Å². The largest absolute Gasteiger partial charge is 0.343 e. The van der Waals surface area contributed by atoms with Gasteiger partial charge in [-0.2, -0.15) is 0 Å². The summed E-state index contributed by atoms with van der Waals surface area (Å²) in [6, 6.07) is 6.29. The van der Waals surface area contributed by atoms with E-state index in [0.717, 1.165) is 32.4 Å². The molecule has 158 valence electrons. The molecule has 2 saturated heterocycles. The summed E-state index contributed by atoms with van der Waals surface area (Å²) in [6.07, 6.45) is 5.04. The van der Waals surface area contributed by atoms with Gasteiger partial charge in [0.2, 0.25) is 11.8 Å². The number of nitrogens with one attached hydrogen (secondary N) is 1. The minimum Gasteiger partial charge on any atom is -0.343 e. The van der Waals surface area contributed by atoms with Crippen molar-refractivity contribution in [1.82, 2.24) is 15.1 Å². The normalized spacial score (nSPS) is 19.0. The Bertz CT molecular complexity index is 741. The Morgan fingerprint density at radius 1 is 1.03 bits per heavy atom. The molecule has 1 aromatic carbocycles. The van der Waals surface area contributed by atoms with E-state index in [9.17, 15) is 14.4 Å². The van der Waals surface area contributed by atoms with E-state index in [1.807, 2.05) is 16.7 Å². The number of piperidine rings is 2. The van der Waals surface area contributed by atoms with Crippen LogP contribution in [0.5, 0.6) is 0 Å². The number of amides is 3. The minimum absolute atomic E-state index is 0.00892. The second kappa shape index (κ2) is 10.1. The number of hydrogen-bond donors (Lipinski definition) is 1. The molecule has 2 heterocycles. The fraction of sp³-hybridized carbons (Fsp3) is 0.591. The fourth-order valence-electron chi connectivity index (χ4n) is 4.26. The van der Waals surface area contributed by atoms with Gasteiger partial charge in [0.1, 0.15) is 6.04 Å². The summed E-state index contributed by atoms with van der Waals surface area (Å²) in [5.74, 6) is -0.178. The average Bonchev–Trinajstić information content (AvgIpc) is 2.77. The van der Waals surface area contributed by atoms with Gasteiger partial charge in [0, 0.05) is 32.6 Å². The highest BCUT2D eigenvalue weighted by atomic mass is 35.5. The van der Waals surface area contributed by atoms with Gasteiger partial charge in [0.25, 0.3) is 5.91 Å². The van der Waals surface area contributed by atoms with Crippen molar-refractivity contribution >= 4 is 29.3 Å². The van der Waals surface area contributed by atoms with Crippen LogP contribution < -0.4 is 5.32 Å². The van der Waals surface area contributed by atoms with Crippen molar-refractivity contribution in [3.8, 4) is 0 Å². The Labute approximate surface area is 177 Å². The Morgan fingerprint density at radius 3 is 2.31 bits per heavy atom. The van der Waals surface area contributed by atoms with E-state index >= 15 is 0 Å². The maximum Gasteiger partial charge on any atom is 0.253 e. The summed E-state index contributed by atoms with van der Waals surface area (Å²) in [4.78, 5) is 41.9. The molecule has 0 spiro atoms. The van der Waals surface area contributed by atoms with Crippen LogP contribution in [0.4, 0.5) is 0 Å². The number of nitrogens with zero attached hydrogens (tertiary/aromatic N) is 2. The molecule has 0 saturated carbocycles. The first kappa shape index (κ1) is 21.6. The number of likely N-dealkylation sites (tertiary alicyclic amines) is 2. The molecule has 6 nitrogen and oxygen atoms in total. The molecular formula is C22H30ClN3O3. The lowest BCUT2D eigenvalue weighted by Gasteiger charge is -2.38.